The van der Waals surface area contributed by atoms with E-state index >= 15 is 0 Å². The lowest BCUT2D eigenvalue weighted by Crippen LogP contribution is -2.49. The van der Waals surface area contributed by atoms with Crippen LogP contribution in [0.25, 0.3) is 0 Å². The maximum atomic E-state index is 12.8. The van der Waals surface area contributed by atoms with Gasteiger partial charge in [0.05, 0.1) is 11.8 Å². The van der Waals surface area contributed by atoms with Gasteiger partial charge in [-0.15, -0.1) is 0 Å². The second kappa shape index (κ2) is 6.33. The summed E-state index contributed by atoms with van der Waals surface area (Å²) >= 11 is 0. The summed E-state index contributed by atoms with van der Waals surface area (Å²) in [7, 11) is 0. The van der Waals surface area contributed by atoms with E-state index < -0.39 is 12.1 Å². The first-order valence-corrected chi connectivity index (χ1v) is 7.50. The Hall–Kier alpha value is -0.780. The highest BCUT2D eigenvalue weighted by atomic mass is 19.4. The highest BCUT2D eigenvalue weighted by molar-refractivity contribution is 5.79. The molecule has 1 saturated heterocycles. The molecular formula is C14H23F3N2O. The number of hydrogen-bond donors (Lipinski definition) is 1. The number of piperidine rings is 1. The minimum absolute atomic E-state index is 0.129. The maximum Gasteiger partial charge on any atom is 0.393 e. The van der Waals surface area contributed by atoms with Gasteiger partial charge in [0.1, 0.15) is 0 Å². The Balaban J connectivity index is 2.00. The van der Waals surface area contributed by atoms with Crippen molar-refractivity contribution in [1.82, 2.24) is 4.90 Å². The molecule has 1 aliphatic carbocycles. The lowest BCUT2D eigenvalue weighted by molar-refractivity contribution is -0.188. The maximum absolute atomic E-state index is 12.8. The Morgan fingerprint density at radius 1 is 1.05 bits per heavy atom. The molecule has 1 aliphatic heterocycles. The third-order valence-electron chi connectivity index (χ3n) is 4.58. The summed E-state index contributed by atoms with van der Waals surface area (Å²) in [6, 6.07) is -0.198. The summed E-state index contributed by atoms with van der Waals surface area (Å²) in [5, 5.41) is 0. The van der Waals surface area contributed by atoms with Crippen molar-refractivity contribution in [2.45, 2.75) is 57.2 Å². The van der Waals surface area contributed by atoms with Crippen LogP contribution < -0.4 is 5.73 Å². The summed E-state index contributed by atoms with van der Waals surface area (Å²) in [5.41, 5.74) is 6.04. The molecule has 6 heteroatoms. The number of carbonyl (C=O) groups excluding carboxylic acids is 1. The minimum atomic E-state index is -4.20. The number of nitrogens with two attached hydrogens (primary N) is 1. The monoisotopic (exact) mass is 292 g/mol. The summed E-state index contributed by atoms with van der Waals surface area (Å²) in [5.74, 6) is -1.82. The molecule has 1 saturated carbocycles. The molecule has 0 aromatic rings. The second-order valence-corrected chi connectivity index (χ2v) is 6.07. The fourth-order valence-electron chi connectivity index (χ4n) is 3.32. The fourth-order valence-corrected chi connectivity index (χ4v) is 3.32. The van der Waals surface area contributed by atoms with Gasteiger partial charge in [0.25, 0.3) is 0 Å². The number of amides is 1. The Bertz CT molecular complexity index is 346. The number of hydrogen-bond acceptors (Lipinski definition) is 2. The molecule has 0 aromatic carbocycles. The molecule has 116 valence electrons. The highest BCUT2D eigenvalue weighted by Crippen LogP contribution is 2.34. The first-order chi connectivity index (χ1) is 9.39. The number of halogens is 3. The van der Waals surface area contributed by atoms with E-state index in [1.807, 2.05) is 0 Å². The first-order valence-electron chi connectivity index (χ1n) is 7.50. The molecular weight excluding hydrogens is 269 g/mol. The molecule has 2 N–H and O–H groups in total. The van der Waals surface area contributed by atoms with Gasteiger partial charge in [-0.2, -0.15) is 13.2 Å². The van der Waals surface area contributed by atoms with E-state index in [2.05, 4.69) is 0 Å². The molecule has 2 aliphatic rings. The number of alkyl halides is 3. The summed E-state index contributed by atoms with van der Waals surface area (Å²) in [4.78, 5) is 13.9. The average Bonchev–Trinajstić information content (AvgIpc) is 2.62. The van der Waals surface area contributed by atoms with Crippen molar-refractivity contribution in [3.63, 3.8) is 0 Å². The van der Waals surface area contributed by atoms with E-state index in [-0.39, 0.29) is 30.8 Å². The summed E-state index contributed by atoms with van der Waals surface area (Å²) < 4.78 is 38.4. The highest BCUT2D eigenvalue weighted by Gasteiger charge is 2.43. The third kappa shape index (κ3) is 3.65. The summed E-state index contributed by atoms with van der Waals surface area (Å²) in [6.07, 6.45) is 0.881. The quantitative estimate of drug-likeness (QED) is 0.755. The predicted octanol–water partition coefficient (Wildman–Crippen LogP) is 2.69. The van der Waals surface area contributed by atoms with Crippen LogP contribution in [-0.4, -0.2) is 36.1 Å². The lowest BCUT2D eigenvalue weighted by atomic mass is 9.91. The zero-order chi connectivity index (χ0) is 14.8. The van der Waals surface area contributed by atoms with Crippen LogP contribution >= 0.6 is 0 Å². The van der Waals surface area contributed by atoms with Gasteiger partial charge in [0.15, 0.2) is 0 Å². The van der Waals surface area contributed by atoms with Crippen molar-refractivity contribution in [1.29, 1.82) is 0 Å². The number of likely N-dealkylation sites (tertiary alicyclic amines) is 1. The van der Waals surface area contributed by atoms with Gasteiger partial charge in [-0.1, -0.05) is 19.3 Å². The molecule has 3 atom stereocenters. The van der Waals surface area contributed by atoms with E-state index in [1.165, 1.54) is 4.90 Å². The van der Waals surface area contributed by atoms with Crippen LogP contribution in [0.2, 0.25) is 0 Å². The first kappa shape index (κ1) is 15.6. The Labute approximate surface area is 117 Å². The lowest BCUT2D eigenvalue weighted by Gasteiger charge is -2.36. The van der Waals surface area contributed by atoms with Gasteiger partial charge in [-0.25, -0.2) is 0 Å². The van der Waals surface area contributed by atoms with Crippen LogP contribution in [-0.2, 0) is 4.79 Å². The Kier molecular flexibility index (Phi) is 4.94. The molecule has 3 nitrogen and oxygen atoms in total. The number of rotatable bonds is 1. The SMILES string of the molecule is NC1CCCCCC1C(=O)N1CCCC(C(F)(F)F)C1. The van der Waals surface area contributed by atoms with Gasteiger partial charge in [0.2, 0.25) is 5.91 Å². The standard InChI is InChI=1S/C14H23F3N2O/c15-14(16,17)10-5-4-8-19(9-10)13(20)11-6-2-1-3-7-12(11)18/h10-12H,1-9,18H2. The molecule has 3 unspecified atom stereocenters. The molecule has 0 radical (unpaired) electrons. The fraction of sp³-hybridized carbons (Fsp3) is 0.929. The van der Waals surface area contributed by atoms with Crippen LogP contribution in [0.5, 0.6) is 0 Å². The van der Waals surface area contributed by atoms with Crippen molar-refractivity contribution >= 4 is 5.91 Å². The van der Waals surface area contributed by atoms with E-state index in [0.717, 1.165) is 25.7 Å². The molecule has 1 amide bonds. The van der Waals surface area contributed by atoms with E-state index in [9.17, 15) is 18.0 Å². The van der Waals surface area contributed by atoms with Crippen molar-refractivity contribution in [2.24, 2.45) is 17.6 Å². The topological polar surface area (TPSA) is 46.3 Å². The molecule has 0 spiro atoms. The van der Waals surface area contributed by atoms with Crippen molar-refractivity contribution < 1.29 is 18.0 Å². The van der Waals surface area contributed by atoms with Gasteiger partial charge in [-0.05, 0) is 25.7 Å². The molecule has 2 rings (SSSR count). The largest absolute Gasteiger partial charge is 0.393 e. The number of nitrogens with zero attached hydrogens (tertiary/aromatic N) is 1. The van der Waals surface area contributed by atoms with Crippen LogP contribution in [0, 0.1) is 11.8 Å². The predicted molar refractivity (Wildman–Crippen MR) is 69.9 cm³/mol. The zero-order valence-corrected chi connectivity index (χ0v) is 11.7. The Morgan fingerprint density at radius 3 is 2.45 bits per heavy atom. The summed E-state index contributed by atoms with van der Waals surface area (Å²) in [6.45, 7) is 0.250. The number of carbonyl (C=O) groups is 1. The van der Waals surface area contributed by atoms with Crippen LogP contribution in [0.4, 0.5) is 13.2 Å². The molecule has 2 fully saturated rings. The molecule has 0 aromatic heterocycles. The van der Waals surface area contributed by atoms with Gasteiger partial charge < -0.3 is 10.6 Å². The average molecular weight is 292 g/mol. The van der Waals surface area contributed by atoms with Crippen LogP contribution in [0.1, 0.15) is 44.9 Å². The second-order valence-electron chi connectivity index (χ2n) is 6.07. The van der Waals surface area contributed by atoms with Crippen molar-refractivity contribution in [3.8, 4) is 0 Å². The van der Waals surface area contributed by atoms with E-state index in [1.54, 1.807) is 0 Å². The zero-order valence-electron chi connectivity index (χ0n) is 11.7. The van der Waals surface area contributed by atoms with E-state index in [4.69, 9.17) is 5.73 Å². The normalized spacial score (nSPS) is 32.8. The van der Waals surface area contributed by atoms with Crippen molar-refractivity contribution in [3.05, 3.63) is 0 Å². The smallest absolute Gasteiger partial charge is 0.342 e. The molecule has 1 heterocycles. The van der Waals surface area contributed by atoms with Crippen molar-refractivity contribution in [2.75, 3.05) is 13.1 Å². The Morgan fingerprint density at radius 2 is 1.75 bits per heavy atom. The molecule has 20 heavy (non-hydrogen) atoms. The van der Waals surface area contributed by atoms with Gasteiger partial charge >= 0.3 is 6.18 Å². The van der Waals surface area contributed by atoms with Gasteiger partial charge in [-0.3, -0.25) is 4.79 Å². The van der Waals surface area contributed by atoms with Crippen LogP contribution in [0.15, 0.2) is 0 Å². The minimum Gasteiger partial charge on any atom is -0.342 e. The third-order valence-corrected chi connectivity index (χ3v) is 4.58. The van der Waals surface area contributed by atoms with E-state index in [0.29, 0.717) is 19.4 Å². The molecule has 0 bridgehead atoms. The van der Waals surface area contributed by atoms with Crippen LogP contribution in [0.3, 0.4) is 0 Å². The van der Waals surface area contributed by atoms with Gasteiger partial charge in [0, 0.05) is 19.1 Å².